The van der Waals surface area contributed by atoms with Gasteiger partial charge in [0.15, 0.2) is 0 Å². The smallest absolute Gasteiger partial charge is 0.0992 e. The van der Waals surface area contributed by atoms with Crippen molar-refractivity contribution in [1.29, 1.82) is 5.26 Å². The fourth-order valence-electron chi connectivity index (χ4n) is 2.63. The van der Waals surface area contributed by atoms with Gasteiger partial charge in [-0.15, -0.1) is 0 Å². The Morgan fingerprint density at radius 2 is 2.21 bits per heavy atom. The Morgan fingerprint density at radius 3 is 3.11 bits per heavy atom. The number of pyridine rings is 1. The molecular weight excluding hydrogens is 234 g/mol. The normalized spacial score (nSPS) is 17.3. The van der Waals surface area contributed by atoms with Gasteiger partial charge in [0.25, 0.3) is 0 Å². The van der Waals surface area contributed by atoms with Crippen LogP contribution < -0.4 is 5.32 Å². The molecule has 1 atom stereocenters. The average molecular weight is 249 g/mol. The molecule has 0 saturated heterocycles. The van der Waals surface area contributed by atoms with E-state index in [1.807, 2.05) is 36.5 Å². The van der Waals surface area contributed by atoms with Crippen LogP contribution in [0.25, 0.3) is 0 Å². The molecule has 1 aliphatic rings. The number of nitrogens with zero attached hydrogens (tertiary/aromatic N) is 2. The van der Waals surface area contributed by atoms with Crippen molar-refractivity contribution in [2.45, 2.75) is 25.3 Å². The molecule has 2 aromatic rings. The number of nitriles is 1. The minimum absolute atomic E-state index is 0.249. The summed E-state index contributed by atoms with van der Waals surface area (Å²) in [5.74, 6) is 0. The molecule has 0 bridgehead atoms. The van der Waals surface area contributed by atoms with Crippen molar-refractivity contribution in [2.24, 2.45) is 0 Å². The Balaban J connectivity index is 1.86. The Bertz CT molecular complexity index is 628. The van der Waals surface area contributed by atoms with Crippen molar-refractivity contribution in [3.63, 3.8) is 0 Å². The van der Waals surface area contributed by atoms with E-state index in [1.165, 1.54) is 12.0 Å². The zero-order valence-electron chi connectivity index (χ0n) is 10.6. The first-order valence-electron chi connectivity index (χ1n) is 6.57. The van der Waals surface area contributed by atoms with Gasteiger partial charge in [0.2, 0.25) is 0 Å². The maximum absolute atomic E-state index is 8.94. The molecule has 94 valence electrons. The van der Waals surface area contributed by atoms with Crippen LogP contribution in [0.2, 0.25) is 0 Å². The van der Waals surface area contributed by atoms with Gasteiger partial charge in [-0.1, -0.05) is 12.1 Å². The third kappa shape index (κ3) is 2.43. The van der Waals surface area contributed by atoms with Crippen LogP contribution in [0.4, 0.5) is 5.69 Å². The lowest BCUT2D eigenvalue weighted by atomic mass is 9.92. The number of anilines is 1. The van der Waals surface area contributed by atoms with Gasteiger partial charge < -0.3 is 5.32 Å². The van der Waals surface area contributed by atoms with Gasteiger partial charge in [-0.05, 0) is 49.1 Å². The van der Waals surface area contributed by atoms with Gasteiger partial charge in [0.05, 0.1) is 23.4 Å². The predicted octanol–water partition coefficient (Wildman–Crippen LogP) is 3.44. The van der Waals surface area contributed by atoms with Crippen molar-refractivity contribution < 1.29 is 0 Å². The first kappa shape index (κ1) is 11.7. The number of fused-ring (bicyclic) bond motifs is 1. The number of rotatable bonds is 2. The lowest BCUT2D eigenvalue weighted by Crippen LogP contribution is -2.18. The van der Waals surface area contributed by atoms with E-state index in [2.05, 4.69) is 22.4 Å². The minimum Gasteiger partial charge on any atom is -0.377 e. The average Bonchev–Trinajstić information content (AvgIpc) is 2.48. The van der Waals surface area contributed by atoms with Gasteiger partial charge in [-0.2, -0.15) is 5.26 Å². The van der Waals surface area contributed by atoms with Crippen LogP contribution in [0.3, 0.4) is 0 Å². The highest BCUT2D eigenvalue weighted by Gasteiger charge is 2.20. The largest absolute Gasteiger partial charge is 0.377 e. The molecule has 0 saturated carbocycles. The Hall–Kier alpha value is -2.34. The maximum atomic E-state index is 8.94. The summed E-state index contributed by atoms with van der Waals surface area (Å²) in [7, 11) is 0. The molecule has 1 unspecified atom stereocenters. The molecule has 0 spiro atoms. The second-order valence-corrected chi connectivity index (χ2v) is 4.83. The molecule has 0 aliphatic heterocycles. The first-order valence-corrected chi connectivity index (χ1v) is 6.57. The van der Waals surface area contributed by atoms with Crippen LogP contribution in [0.5, 0.6) is 0 Å². The summed E-state index contributed by atoms with van der Waals surface area (Å²) >= 11 is 0. The quantitative estimate of drug-likeness (QED) is 0.886. The number of hydrogen-bond donors (Lipinski definition) is 1. The Kier molecular flexibility index (Phi) is 3.16. The third-order valence-corrected chi connectivity index (χ3v) is 3.53. The number of hydrogen-bond acceptors (Lipinski definition) is 3. The van der Waals surface area contributed by atoms with Crippen LogP contribution >= 0.6 is 0 Å². The molecule has 1 N–H and O–H groups in total. The fourth-order valence-corrected chi connectivity index (χ4v) is 2.63. The predicted molar refractivity (Wildman–Crippen MR) is 74.7 cm³/mol. The second kappa shape index (κ2) is 5.11. The lowest BCUT2D eigenvalue weighted by Gasteiger charge is -2.26. The van der Waals surface area contributed by atoms with Crippen molar-refractivity contribution >= 4 is 5.69 Å². The van der Waals surface area contributed by atoms with E-state index in [4.69, 9.17) is 5.26 Å². The van der Waals surface area contributed by atoms with Gasteiger partial charge in [-0.25, -0.2) is 0 Å². The minimum atomic E-state index is 0.249. The van der Waals surface area contributed by atoms with Crippen LogP contribution in [0, 0.1) is 11.3 Å². The van der Waals surface area contributed by atoms with Gasteiger partial charge in [0.1, 0.15) is 0 Å². The van der Waals surface area contributed by atoms with Crippen LogP contribution in [0.15, 0.2) is 42.6 Å². The molecule has 3 nitrogen and oxygen atoms in total. The number of nitrogens with one attached hydrogen (secondary N) is 1. The summed E-state index contributed by atoms with van der Waals surface area (Å²) in [6.45, 7) is 0. The summed E-state index contributed by atoms with van der Waals surface area (Å²) in [5, 5.41) is 12.4. The summed E-state index contributed by atoms with van der Waals surface area (Å²) < 4.78 is 0. The Labute approximate surface area is 112 Å². The summed E-state index contributed by atoms with van der Waals surface area (Å²) in [4.78, 5) is 4.51. The van der Waals surface area contributed by atoms with E-state index in [-0.39, 0.29) is 6.04 Å². The van der Waals surface area contributed by atoms with Crippen LogP contribution in [0.1, 0.15) is 35.7 Å². The number of benzene rings is 1. The van der Waals surface area contributed by atoms with E-state index in [9.17, 15) is 0 Å². The zero-order chi connectivity index (χ0) is 13.1. The molecule has 0 radical (unpaired) electrons. The van der Waals surface area contributed by atoms with E-state index in [1.54, 1.807) is 0 Å². The van der Waals surface area contributed by atoms with E-state index in [0.717, 1.165) is 24.2 Å². The van der Waals surface area contributed by atoms with Crippen molar-refractivity contribution in [3.05, 3.63) is 59.4 Å². The highest BCUT2D eigenvalue weighted by molar-refractivity contribution is 5.51. The lowest BCUT2D eigenvalue weighted by molar-refractivity contribution is 0.583. The zero-order valence-corrected chi connectivity index (χ0v) is 10.6. The molecule has 0 fully saturated rings. The van der Waals surface area contributed by atoms with Crippen molar-refractivity contribution in [1.82, 2.24) is 4.98 Å². The highest BCUT2D eigenvalue weighted by atomic mass is 14.9. The van der Waals surface area contributed by atoms with Crippen LogP contribution in [-0.2, 0) is 6.42 Å². The maximum Gasteiger partial charge on any atom is 0.0992 e. The second-order valence-electron chi connectivity index (χ2n) is 4.83. The first-order chi connectivity index (χ1) is 9.36. The van der Waals surface area contributed by atoms with E-state index < -0.39 is 0 Å². The van der Waals surface area contributed by atoms with Crippen LogP contribution in [-0.4, -0.2) is 4.98 Å². The van der Waals surface area contributed by atoms with Gasteiger partial charge in [0, 0.05) is 11.9 Å². The van der Waals surface area contributed by atoms with Gasteiger partial charge in [-0.3, -0.25) is 4.98 Å². The Morgan fingerprint density at radius 1 is 1.26 bits per heavy atom. The van der Waals surface area contributed by atoms with E-state index in [0.29, 0.717) is 5.56 Å². The molecule has 3 heteroatoms. The molecule has 1 aromatic heterocycles. The summed E-state index contributed by atoms with van der Waals surface area (Å²) in [5.41, 5.74) is 4.16. The third-order valence-electron chi connectivity index (χ3n) is 3.53. The molecular formula is C16H15N3. The molecule has 1 aromatic carbocycles. The number of aryl methyl sites for hydroxylation is 1. The topological polar surface area (TPSA) is 48.7 Å². The van der Waals surface area contributed by atoms with Gasteiger partial charge >= 0.3 is 0 Å². The van der Waals surface area contributed by atoms with Crippen molar-refractivity contribution in [3.8, 4) is 6.07 Å². The highest BCUT2D eigenvalue weighted by Crippen LogP contribution is 2.30. The molecule has 1 heterocycles. The number of aromatic nitrogens is 1. The molecule has 1 aliphatic carbocycles. The standard InChI is InChI=1S/C16H15N3/c17-11-12-4-1-7-14(10-12)19-15-8-2-5-13-6-3-9-18-16(13)15/h1,3-4,6-7,9-10,15,19H,2,5,8H2. The molecule has 19 heavy (non-hydrogen) atoms. The summed E-state index contributed by atoms with van der Waals surface area (Å²) in [6.07, 6.45) is 5.22. The SMILES string of the molecule is N#Cc1cccc(NC2CCCc3cccnc32)c1. The molecule has 3 rings (SSSR count). The van der Waals surface area contributed by atoms with Crippen molar-refractivity contribution in [2.75, 3.05) is 5.32 Å². The fraction of sp³-hybridized carbons (Fsp3) is 0.250. The molecule has 0 amide bonds. The summed E-state index contributed by atoms with van der Waals surface area (Å²) in [6, 6.07) is 14.2. The monoisotopic (exact) mass is 249 g/mol. The van der Waals surface area contributed by atoms with E-state index >= 15 is 0 Å².